The largest absolute Gasteiger partial charge is 0.501 e. The van der Waals surface area contributed by atoms with Gasteiger partial charge < -0.3 is 8.83 Å². The second-order valence-electron chi connectivity index (χ2n) is 14.0. The van der Waals surface area contributed by atoms with Gasteiger partial charge >= 0.3 is 99.8 Å². The van der Waals surface area contributed by atoms with Crippen LogP contribution in [0.15, 0.2) is 160 Å². The van der Waals surface area contributed by atoms with Crippen LogP contribution in [0, 0.1) is 12.1 Å². The number of pyridine rings is 1. The van der Waals surface area contributed by atoms with Crippen molar-refractivity contribution >= 4 is 72.9 Å². The Hall–Kier alpha value is -5.07. The summed E-state index contributed by atoms with van der Waals surface area (Å²) in [5, 5.41) is 4.42. The van der Waals surface area contributed by atoms with E-state index in [1.54, 1.807) is 0 Å². The molecule has 3 aromatic heterocycles. The van der Waals surface area contributed by atoms with Crippen LogP contribution < -0.4 is 4.40 Å². The van der Waals surface area contributed by atoms with E-state index in [4.69, 9.17) is 13.8 Å². The minimum atomic E-state index is -1.72. The van der Waals surface area contributed by atoms with Crippen molar-refractivity contribution in [3.05, 3.63) is 175 Å². The van der Waals surface area contributed by atoms with Gasteiger partial charge in [-0.2, -0.15) is 0 Å². The van der Waals surface area contributed by atoms with Gasteiger partial charge in [-0.3, -0.25) is 4.99 Å². The molecule has 1 atom stereocenters. The van der Waals surface area contributed by atoms with Crippen LogP contribution in [0.3, 0.4) is 0 Å². The first kappa shape index (κ1) is 34.0. The number of fused-ring (bicyclic) bond motifs is 7. The van der Waals surface area contributed by atoms with Gasteiger partial charge in [-0.1, -0.05) is 83.7 Å². The Morgan fingerprint density at radius 1 is 0.577 bits per heavy atom. The molecule has 52 heavy (non-hydrogen) atoms. The number of nitrogens with zero attached hydrogens (tertiary/aromatic N) is 2. The molecule has 0 amide bonds. The predicted molar refractivity (Wildman–Crippen MR) is 212 cm³/mol. The van der Waals surface area contributed by atoms with Crippen LogP contribution >= 0.6 is 0 Å². The number of aliphatic imine (C=N–C) groups is 1. The summed E-state index contributed by atoms with van der Waals surface area (Å²) in [7, 11) is 0. The molecule has 0 saturated heterocycles. The maximum atomic E-state index is 6.44. The van der Waals surface area contributed by atoms with Crippen molar-refractivity contribution < 1.29 is 28.9 Å². The molecule has 0 N–H and O–H groups in total. The van der Waals surface area contributed by atoms with E-state index in [1.807, 2.05) is 72.9 Å². The van der Waals surface area contributed by atoms with E-state index in [9.17, 15) is 0 Å². The molecule has 1 unspecified atom stereocenters. The first-order chi connectivity index (χ1) is 24.9. The zero-order chi connectivity index (χ0) is 34.5. The second kappa shape index (κ2) is 13.8. The molecular weight excluding hydrogens is 877 g/mol. The van der Waals surface area contributed by atoms with Crippen molar-refractivity contribution in [1.82, 2.24) is 4.98 Å². The fourth-order valence-electron chi connectivity index (χ4n) is 7.12. The molecule has 4 nitrogen and oxygen atoms in total. The quantitative estimate of drug-likeness (QED) is 0.131. The second-order valence-corrected chi connectivity index (χ2v) is 24.6. The summed E-state index contributed by atoms with van der Waals surface area (Å²) in [5.74, 6) is 7.05. The third kappa shape index (κ3) is 6.03. The van der Waals surface area contributed by atoms with E-state index in [0.717, 1.165) is 83.2 Å². The van der Waals surface area contributed by atoms with Crippen LogP contribution in [0.5, 0.6) is 0 Å². The van der Waals surface area contributed by atoms with Crippen LogP contribution in [-0.4, -0.2) is 24.0 Å². The number of benzene rings is 6. The van der Waals surface area contributed by atoms with Gasteiger partial charge in [-0.25, -0.2) is 0 Å². The molecule has 0 saturated carbocycles. The molecule has 1 radical (unpaired) electrons. The molecule has 0 aliphatic carbocycles. The fourth-order valence-corrected chi connectivity index (χ4v) is 9.29. The summed E-state index contributed by atoms with van der Waals surface area (Å²) in [6.45, 7) is 0. The maximum absolute atomic E-state index is 6.44. The van der Waals surface area contributed by atoms with Crippen molar-refractivity contribution in [3.63, 3.8) is 0 Å². The third-order valence-electron chi connectivity index (χ3n) is 9.72. The SMILES string of the molecule is [CH3][Ge]([CH3])([CH3])[c]1ccc(-c2[c-]cccc2)nc1.[Ir].[c-]1ccc2c(oc3ccccc32)c1C1=Nc2ccccc2C1c1cccc2c1oc1ccccc12. The van der Waals surface area contributed by atoms with Crippen molar-refractivity contribution in [2.75, 3.05) is 0 Å². The minimum absolute atomic E-state index is 0. The van der Waals surface area contributed by atoms with Crippen molar-refractivity contribution in [2.45, 2.75) is 23.2 Å². The van der Waals surface area contributed by atoms with Crippen LogP contribution in [0.1, 0.15) is 22.6 Å². The molecular formula is C46H34GeIrN2O2-2. The van der Waals surface area contributed by atoms with Crippen LogP contribution in [0.25, 0.3) is 55.1 Å². The summed E-state index contributed by atoms with van der Waals surface area (Å²) in [5.41, 5.74) is 10.6. The number of hydrogen-bond acceptors (Lipinski definition) is 4. The van der Waals surface area contributed by atoms with Crippen LogP contribution in [0.2, 0.25) is 17.3 Å². The summed E-state index contributed by atoms with van der Waals surface area (Å²) >= 11 is -1.72. The molecule has 255 valence electrons. The Balaban J connectivity index is 0.000000193. The van der Waals surface area contributed by atoms with Crippen LogP contribution in [0.4, 0.5) is 5.69 Å². The average molecular weight is 912 g/mol. The van der Waals surface area contributed by atoms with Crippen LogP contribution in [-0.2, 0) is 20.1 Å². The molecule has 6 heteroatoms. The van der Waals surface area contributed by atoms with Gasteiger partial charge in [-0.05, 0) is 29.5 Å². The molecule has 9 aromatic rings. The summed E-state index contributed by atoms with van der Waals surface area (Å²) in [4.78, 5) is 9.68. The zero-order valence-electron chi connectivity index (χ0n) is 29.0. The Kier molecular flexibility index (Phi) is 9.04. The molecule has 0 bridgehead atoms. The molecule has 4 heterocycles. The van der Waals surface area contributed by atoms with E-state index in [2.05, 4.69) is 107 Å². The van der Waals surface area contributed by atoms with E-state index in [1.165, 1.54) is 4.40 Å². The van der Waals surface area contributed by atoms with Gasteiger partial charge in [0.05, 0.1) is 11.3 Å². The smallest absolute Gasteiger partial charge is 0.138 e. The topological polar surface area (TPSA) is 51.5 Å². The Labute approximate surface area is 318 Å². The first-order valence-corrected chi connectivity index (χ1v) is 24.6. The number of rotatable bonds is 4. The number of furan rings is 2. The van der Waals surface area contributed by atoms with Gasteiger partial charge in [0, 0.05) is 47.7 Å². The first-order valence-electron chi connectivity index (χ1n) is 17.3. The molecule has 0 fully saturated rings. The molecule has 1 aliphatic rings. The molecule has 1 aliphatic heterocycles. The van der Waals surface area contributed by atoms with E-state index in [0.29, 0.717) is 0 Å². The van der Waals surface area contributed by atoms with Crippen molar-refractivity contribution in [1.29, 1.82) is 0 Å². The predicted octanol–water partition coefficient (Wildman–Crippen LogP) is 11.6. The van der Waals surface area contributed by atoms with E-state index in [-0.39, 0.29) is 26.0 Å². The molecule has 6 aromatic carbocycles. The van der Waals surface area contributed by atoms with Crippen molar-refractivity contribution in [2.24, 2.45) is 4.99 Å². The Morgan fingerprint density at radius 2 is 1.23 bits per heavy atom. The Bertz CT molecular complexity index is 2740. The minimum Gasteiger partial charge on any atom is -0.501 e. The summed E-state index contributed by atoms with van der Waals surface area (Å²) in [6, 6.07) is 54.1. The zero-order valence-corrected chi connectivity index (χ0v) is 33.5. The Morgan fingerprint density at radius 3 is 1.94 bits per heavy atom. The average Bonchev–Trinajstić information content (AvgIpc) is 3.87. The third-order valence-corrected chi connectivity index (χ3v) is 14.0. The number of aromatic nitrogens is 1. The van der Waals surface area contributed by atoms with Gasteiger partial charge in [-0.15, -0.1) is 18.2 Å². The normalized spacial score (nSPS) is 13.8. The fraction of sp³-hybridized carbons (Fsp3) is 0.0870. The molecule has 10 rings (SSSR count). The van der Waals surface area contributed by atoms with Crippen molar-refractivity contribution in [3.8, 4) is 11.3 Å². The molecule has 0 spiro atoms. The van der Waals surface area contributed by atoms with E-state index < -0.39 is 13.3 Å². The standard InChI is InChI=1S/C32H18NO2.C14H16GeN.Ir/c1-4-16-26-23(11-1)29(24-14-7-12-21-19-9-2-5-17-27(19)34-31(21)24)30(33-26)25-15-8-13-22-20-10-3-6-18-28(20)35-32(22)25;1-15(2,3)13-9-10-14(16-11-13)12-7-5-4-6-8-12;/h1-14,16-18,29H;4-7,9-11H,1-3H3;/q2*-1;. The van der Waals surface area contributed by atoms with Gasteiger partial charge in [0.15, 0.2) is 0 Å². The van der Waals surface area contributed by atoms with Gasteiger partial charge in [0.25, 0.3) is 0 Å². The van der Waals surface area contributed by atoms with E-state index >= 15 is 0 Å². The summed E-state index contributed by atoms with van der Waals surface area (Å²) < 4.78 is 14.3. The maximum Gasteiger partial charge on any atom is 0.138 e. The van der Waals surface area contributed by atoms with Gasteiger partial charge in [0.2, 0.25) is 0 Å². The van der Waals surface area contributed by atoms with Gasteiger partial charge in [0.1, 0.15) is 16.7 Å². The number of para-hydroxylation sites is 4. The monoisotopic (exact) mass is 913 g/mol. The number of hydrogen-bond donors (Lipinski definition) is 0. The summed E-state index contributed by atoms with van der Waals surface area (Å²) in [6.07, 6.45) is 2.04.